The highest BCUT2D eigenvalue weighted by atomic mass is 32.2. The molecule has 3 aromatic rings. The van der Waals surface area contributed by atoms with Crippen LogP contribution in [0.25, 0.3) is 11.4 Å². The lowest BCUT2D eigenvalue weighted by molar-refractivity contribution is 0.415. The van der Waals surface area contributed by atoms with Gasteiger partial charge in [0.1, 0.15) is 11.6 Å². The average molecular weight is 423 g/mol. The van der Waals surface area contributed by atoms with Crippen LogP contribution >= 0.6 is 11.8 Å². The number of nitrogens with one attached hydrogen (secondary N) is 3. The molecule has 1 aromatic heterocycles. The minimum Gasteiger partial charge on any atom is -0.497 e. The number of thioether (sulfide) groups is 1. The summed E-state index contributed by atoms with van der Waals surface area (Å²) in [6, 6.07) is 18.3. The molecule has 0 amide bonds. The zero-order chi connectivity index (χ0) is 20.8. The number of methoxy groups -OCH3 is 1. The van der Waals surface area contributed by atoms with E-state index in [1.807, 2.05) is 36.0 Å². The van der Waals surface area contributed by atoms with E-state index in [9.17, 15) is 0 Å². The quantitative estimate of drug-likeness (QED) is 0.381. The molecule has 0 bridgehead atoms. The number of aromatic nitrogens is 3. The predicted molar refractivity (Wildman–Crippen MR) is 121 cm³/mol. The van der Waals surface area contributed by atoms with Crippen LogP contribution in [-0.4, -0.2) is 46.6 Å². The van der Waals surface area contributed by atoms with Crippen molar-refractivity contribution in [1.82, 2.24) is 25.8 Å². The summed E-state index contributed by atoms with van der Waals surface area (Å²) in [5, 5.41) is 14.1. The van der Waals surface area contributed by atoms with E-state index in [0.29, 0.717) is 12.4 Å². The third-order valence-electron chi connectivity index (χ3n) is 4.99. The molecule has 0 saturated heterocycles. The topological polar surface area (TPSA) is 87.2 Å². The molecule has 0 radical (unpaired) electrons. The van der Waals surface area contributed by atoms with E-state index < -0.39 is 0 Å². The molecule has 0 aliphatic heterocycles. The van der Waals surface area contributed by atoms with E-state index >= 15 is 0 Å². The molecule has 156 valence electrons. The molecule has 30 heavy (non-hydrogen) atoms. The first-order chi connectivity index (χ1) is 14.7. The number of ether oxygens (including phenoxy) is 1. The van der Waals surface area contributed by atoms with Gasteiger partial charge in [0.05, 0.1) is 13.7 Å². The standard InChI is InChI=1S/C22H26N6OS/c1-23-21(25-15-22(12-13-22)30-18-6-4-3-5-7-18)24-14-19-26-20(28-27-19)16-8-10-17(29-2)11-9-16/h3-11H,12-15H2,1-2H3,(H2,23,24,25)(H,26,27,28). The van der Waals surface area contributed by atoms with Crippen LogP contribution in [0.15, 0.2) is 64.5 Å². The lowest BCUT2D eigenvalue weighted by Gasteiger charge is -2.18. The van der Waals surface area contributed by atoms with Crippen LogP contribution in [0.1, 0.15) is 18.7 Å². The molecule has 1 aliphatic carbocycles. The Morgan fingerprint density at radius 1 is 1.13 bits per heavy atom. The predicted octanol–water partition coefficient (Wildman–Crippen LogP) is 3.47. The largest absolute Gasteiger partial charge is 0.497 e. The van der Waals surface area contributed by atoms with E-state index in [4.69, 9.17) is 4.74 Å². The van der Waals surface area contributed by atoms with Crippen molar-refractivity contribution in [2.75, 3.05) is 20.7 Å². The summed E-state index contributed by atoms with van der Waals surface area (Å²) in [5.74, 6) is 2.99. The van der Waals surface area contributed by atoms with Crippen LogP contribution in [0.4, 0.5) is 0 Å². The number of H-pyrrole nitrogens is 1. The molecule has 0 spiro atoms. The summed E-state index contributed by atoms with van der Waals surface area (Å²) in [7, 11) is 3.43. The van der Waals surface area contributed by atoms with Crippen molar-refractivity contribution >= 4 is 17.7 Å². The van der Waals surface area contributed by atoms with Gasteiger partial charge in [-0.25, -0.2) is 4.98 Å². The van der Waals surface area contributed by atoms with Crippen LogP contribution < -0.4 is 15.4 Å². The van der Waals surface area contributed by atoms with Gasteiger partial charge in [-0.05, 0) is 49.2 Å². The van der Waals surface area contributed by atoms with Crippen LogP contribution in [-0.2, 0) is 6.54 Å². The Bertz CT molecular complexity index is 982. The SMILES string of the molecule is CN=C(NCc1nc(-c2ccc(OC)cc2)n[nH]1)NCC1(Sc2ccccc2)CC1. The molecule has 7 nitrogen and oxygen atoms in total. The second-order valence-corrected chi connectivity index (χ2v) is 8.75. The molecule has 8 heteroatoms. The van der Waals surface area contributed by atoms with Crippen molar-refractivity contribution in [3.63, 3.8) is 0 Å². The second kappa shape index (κ2) is 9.21. The van der Waals surface area contributed by atoms with Gasteiger partial charge in [0, 0.05) is 28.8 Å². The number of guanidine groups is 1. The number of hydrogen-bond donors (Lipinski definition) is 3. The summed E-state index contributed by atoms with van der Waals surface area (Å²) in [4.78, 5) is 10.2. The Balaban J connectivity index is 1.28. The van der Waals surface area contributed by atoms with Crippen molar-refractivity contribution in [2.24, 2.45) is 4.99 Å². The van der Waals surface area contributed by atoms with Crippen molar-refractivity contribution in [2.45, 2.75) is 29.0 Å². The maximum Gasteiger partial charge on any atom is 0.191 e. The third kappa shape index (κ3) is 5.13. The summed E-state index contributed by atoms with van der Waals surface area (Å²) < 4.78 is 5.45. The maximum atomic E-state index is 5.19. The second-order valence-electron chi connectivity index (χ2n) is 7.21. The number of aromatic amines is 1. The zero-order valence-electron chi connectivity index (χ0n) is 17.2. The minimum absolute atomic E-state index is 0.257. The van der Waals surface area contributed by atoms with Gasteiger partial charge in [-0.1, -0.05) is 18.2 Å². The fourth-order valence-electron chi connectivity index (χ4n) is 3.07. The number of benzene rings is 2. The van der Waals surface area contributed by atoms with Crippen molar-refractivity contribution in [3.8, 4) is 17.1 Å². The molecular formula is C22H26N6OS. The van der Waals surface area contributed by atoms with Crippen molar-refractivity contribution in [3.05, 3.63) is 60.4 Å². The molecule has 1 saturated carbocycles. The molecule has 2 aromatic carbocycles. The lowest BCUT2D eigenvalue weighted by Crippen LogP contribution is -2.40. The van der Waals surface area contributed by atoms with Gasteiger partial charge in [0.15, 0.2) is 11.8 Å². The summed E-state index contributed by atoms with van der Waals surface area (Å²) >= 11 is 1.94. The number of rotatable bonds is 8. The summed E-state index contributed by atoms with van der Waals surface area (Å²) in [6.45, 7) is 1.39. The Morgan fingerprint density at radius 3 is 2.57 bits per heavy atom. The highest BCUT2D eigenvalue weighted by molar-refractivity contribution is 8.01. The van der Waals surface area contributed by atoms with Crippen LogP contribution in [0.3, 0.4) is 0 Å². The van der Waals surface area contributed by atoms with Crippen molar-refractivity contribution in [1.29, 1.82) is 0 Å². The number of hydrogen-bond acceptors (Lipinski definition) is 5. The zero-order valence-corrected chi connectivity index (χ0v) is 18.0. The van der Waals surface area contributed by atoms with E-state index in [0.717, 1.165) is 29.6 Å². The summed E-state index contributed by atoms with van der Waals surface area (Å²) in [5.41, 5.74) is 0.939. The van der Waals surface area contributed by atoms with Gasteiger partial charge in [-0.2, -0.15) is 5.10 Å². The number of aliphatic imine (C=N–C) groups is 1. The highest BCUT2D eigenvalue weighted by Gasteiger charge is 2.43. The van der Waals surface area contributed by atoms with Gasteiger partial charge >= 0.3 is 0 Å². The Morgan fingerprint density at radius 2 is 1.90 bits per heavy atom. The summed E-state index contributed by atoms with van der Waals surface area (Å²) in [6.07, 6.45) is 2.42. The Labute approximate surface area is 180 Å². The molecular weight excluding hydrogens is 396 g/mol. The van der Waals surface area contributed by atoms with Crippen LogP contribution in [0.2, 0.25) is 0 Å². The smallest absolute Gasteiger partial charge is 0.191 e. The Hall–Kier alpha value is -3.00. The van der Waals surface area contributed by atoms with Gasteiger partial charge < -0.3 is 15.4 Å². The number of nitrogens with zero attached hydrogens (tertiary/aromatic N) is 3. The van der Waals surface area contributed by atoms with E-state index in [-0.39, 0.29) is 4.75 Å². The first-order valence-electron chi connectivity index (χ1n) is 9.94. The van der Waals surface area contributed by atoms with Crippen LogP contribution in [0, 0.1) is 0 Å². The molecule has 1 heterocycles. The molecule has 0 unspecified atom stereocenters. The fraction of sp³-hybridized carbons (Fsp3) is 0.318. The normalized spacial score (nSPS) is 14.9. The molecule has 3 N–H and O–H groups in total. The monoisotopic (exact) mass is 422 g/mol. The molecule has 1 aliphatic rings. The third-order valence-corrected chi connectivity index (χ3v) is 6.48. The lowest BCUT2D eigenvalue weighted by atomic mass is 10.2. The maximum absolute atomic E-state index is 5.19. The average Bonchev–Trinajstić information content (AvgIpc) is 3.39. The Kier molecular flexibility index (Phi) is 6.23. The molecule has 0 atom stereocenters. The van der Waals surface area contributed by atoms with E-state index in [1.165, 1.54) is 17.7 Å². The highest BCUT2D eigenvalue weighted by Crippen LogP contribution is 2.51. The van der Waals surface area contributed by atoms with E-state index in [2.05, 4.69) is 61.1 Å². The fourth-order valence-corrected chi connectivity index (χ4v) is 4.31. The molecule has 4 rings (SSSR count). The first kappa shape index (κ1) is 20.3. The van der Waals surface area contributed by atoms with Crippen LogP contribution in [0.5, 0.6) is 5.75 Å². The van der Waals surface area contributed by atoms with Gasteiger partial charge in [-0.3, -0.25) is 10.1 Å². The van der Waals surface area contributed by atoms with Gasteiger partial charge in [0.2, 0.25) is 0 Å². The first-order valence-corrected chi connectivity index (χ1v) is 10.8. The molecule has 1 fully saturated rings. The minimum atomic E-state index is 0.257. The van der Waals surface area contributed by atoms with Crippen molar-refractivity contribution < 1.29 is 4.74 Å². The van der Waals surface area contributed by atoms with Gasteiger partial charge in [-0.15, -0.1) is 11.8 Å². The van der Waals surface area contributed by atoms with Gasteiger partial charge in [0.25, 0.3) is 0 Å². The van der Waals surface area contributed by atoms with E-state index in [1.54, 1.807) is 14.2 Å².